The lowest BCUT2D eigenvalue weighted by atomic mass is 10.2. The molecule has 0 aromatic carbocycles. The fourth-order valence-corrected chi connectivity index (χ4v) is 1.40. The van der Waals surface area contributed by atoms with Gasteiger partial charge in [-0.15, -0.1) is 0 Å². The van der Waals surface area contributed by atoms with Crippen LogP contribution >= 0.6 is 0 Å². The Morgan fingerprint density at radius 1 is 1.25 bits per heavy atom. The summed E-state index contributed by atoms with van der Waals surface area (Å²) in [6.07, 6.45) is 1.04. The van der Waals surface area contributed by atoms with Crippen LogP contribution in [-0.4, -0.2) is 19.8 Å². The van der Waals surface area contributed by atoms with Crippen LogP contribution < -0.4 is 5.73 Å². The highest BCUT2D eigenvalue weighted by Gasteiger charge is 2.05. The van der Waals surface area contributed by atoms with Crippen molar-refractivity contribution in [2.75, 3.05) is 19.8 Å². The maximum Gasteiger partial charge on any atom is 0.130 e. The summed E-state index contributed by atoms with van der Waals surface area (Å²) in [6.45, 7) is 7.01. The molecule has 1 aromatic heterocycles. The van der Waals surface area contributed by atoms with Crippen molar-refractivity contribution < 1.29 is 13.9 Å². The molecule has 0 unspecified atom stereocenters. The maximum atomic E-state index is 5.55. The van der Waals surface area contributed by atoms with E-state index in [9.17, 15) is 0 Å². The first-order valence-corrected chi connectivity index (χ1v) is 5.71. The number of rotatable bonds is 8. The summed E-state index contributed by atoms with van der Waals surface area (Å²) in [6, 6.07) is 1.95. The van der Waals surface area contributed by atoms with E-state index in [4.69, 9.17) is 19.6 Å². The predicted molar refractivity (Wildman–Crippen MR) is 62.1 cm³/mol. The molecule has 4 heteroatoms. The van der Waals surface area contributed by atoms with Gasteiger partial charge in [0.25, 0.3) is 0 Å². The second-order valence-corrected chi connectivity index (χ2v) is 3.66. The molecule has 1 heterocycles. The van der Waals surface area contributed by atoms with Crippen molar-refractivity contribution in [2.24, 2.45) is 5.73 Å². The van der Waals surface area contributed by atoms with E-state index in [1.54, 1.807) is 0 Å². The largest absolute Gasteiger partial charge is 0.464 e. The van der Waals surface area contributed by atoms with E-state index >= 15 is 0 Å². The highest BCUT2D eigenvalue weighted by atomic mass is 16.5. The highest BCUT2D eigenvalue weighted by Crippen LogP contribution is 2.14. The molecule has 0 bridgehead atoms. The number of hydrogen-bond donors (Lipinski definition) is 1. The second kappa shape index (κ2) is 7.44. The van der Waals surface area contributed by atoms with E-state index in [1.165, 1.54) is 0 Å². The van der Waals surface area contributed by atoms with Gasteiger partial charge in [0.15, 0.2) is 0 Å². The number of ether oxygens (including phenoxy) is 2. The smallest absolute Gasteiger partial charge is 0.130 e. The van der Waals surface area contributed by atoms with Gasteiger partial charge in [0.1, 0.15) is 18.1 Å². The first kappa shape index (κ1) is 13.2. The molecule has 1 aromatic rings. The van der Waals surface area contributed by atoms with Crippen LogP contribution in [-0.2, 0) is 22.6 Å². The van der Waals surface area contributed by atoms with Crippen molar-refractivity contribution in [1.29, 1.82) is 0 Å². The standard InChI is InChI=1S/C12H21NO3/c1-3-4-14-5-6-15-9-12-7-11(8-13)10(2)16-12/h7H,3-6,8-9,13H2,1-2H3. The highest BCUT2D eigenvalue weighted by molar-refractivity contribution is 5.19. The van der Waals surface area contributed by atoms with Gasteiger partial charge in [-0.1, -0.05) is 6.92 Å². The molecule has 0 aliphatic rings. The van der Waals surface area contributed by atoms with Gasteiger partial charge in [-0.25, -0.2) is 0 Å². The third-order valence-electron chi connectivity index (χ3n) is 2.26. The molecule has 0 aliphatic heterocycles. The molecule has 0 radical (unpaired) electrons. The van der Waals surface area contributed by atoms with Crippen molar-refractivity contribution in [1.82, 2.24) is 0 Å². The van der Waals surface area contributed by atoms with Crippen molar-refractivity contribution in [3.05, 3.63) is 23.2 Å². The van der Waals surface area contributed by atoms with E-state index in [1.807, 2.05) is 13.0 Å². The topological polar surface area (TPSA) is 57.6 Å². The monoisotopic (exact) mass is 227 g/mol. The Balaban J connectivity index is 2.16. The van der Waals surface area contributed by atoms with Crippen LogP contribution in [0.25, 0.3) is 0 Å². The third-order valence-corrected chi connectivity index (χ3v) is 2.26. The lowest BCUT2D eigenvalue weighted by molar-refractivity contribution is 0.0348. The summed E-state index contributed by atoms with van der Waals surface area (Å²) >= 11 is 0. The van der Waals surface area contributed by atoms with Crippen LogP contribution in [0.5, 0.6) is 0 Å². The summed E-state index contributed by atoms with van der Waals surface area (Å²) in [5.41, 5.74) is 6.60. The van der Waals surface area contributed by atoms with Gasteiger partial charge in [-0.3, -0.25) is 0 Å². The van der Waals surface area contributed by atoms with Crippen molar-refractivity contribution in [3.63, 3.8) is 0 Å². The number of aryl methyl sites for hydroxylation is 1. The second-order valence-electron chi connectivity index (χ2n) is 3.66. The van der Waals surface area contributed by atoms with E-state index in [0.717, 1.165) is 30.1 Å². The molecular weight excluding hydrogens is 206 g/mol. The zero-order valence-corrected chi connectivity index (χ0v) is 10.1. The molecule has 2 N–H and O–H groups in total. The van der Waals surface area contributed by atoms with Gasteiger partial charge in [0.2, 0.25) is 0 Å². The van der Waals surface area contributed by atoms with E-state index in [0.29, 0.717) is 26.4 Å². The Hall–Kier alpha value is -0.840. The maximum absolute atomic E-state index is 5.55. The summed E-state index contributed by atoms with van der Waals surface area (Å²) in [4.78, 5) is 0. The molecule has 0 aliphatic carbocycles. The van der Waals surface area contributed by atoms with Gasteiger partial charge < -0.3 is 19.6 Å². The summed E-state index contributed by atoms with van der Waals surface area (Å²) < 4.78 is 16.2. The molecule has 0 saturated carbocycles. The minimum atomic E-state index is 0.482. The van der Waals surface area contributed by atoms with Crippen LogP contribution in [0.4, 0.5) is 0 Å². The average molecular weight is 227 g/mol. The number of hydrogen-bond acceptors (Lipinski definition) is 4. The zero-order valence-electron chi connectivity index (χ0n) is 10.1. The normalized spacial score (nSPS) is 10.9. The third kappa shape index (κ3) is 4.35. The van der Waals surface area contributed by atoms with Crippen LogP contribution in [0.3, 0.4) is 0 Å². The molecule has 92 valence electrons. The Morgan fingerprint density at radius 3 is 2.62 bits per heavy atom. The molecule has 16 heavy (non-hydrogen) atoms. The van der Waals surface area contributed by atoms with Crippen LogP contribution in [0, 0.1) is 6.92 Å². The average Bonchev–Trinajstić information content (AvgIpc) is 2.64. The minimum Gasteiger partial charge on any atom is -0.464 e. The molecule has 0 amide bonds. The van der Waals surface area contributed by atoms with Crippen molar-refractivity contribution >= 4 is 0 Å². The summed E-state index contributed by atoms with van der Waals surface area (Å²) in [5.74, 6) is 1.71. The van der Waals surface area contributed by atoms with Crippen LogP contribution in [0.1, 0.15) is 30.4 Å². The summed E-state index contributed by atoms with van der Waals surface area (Å²) in [5, 5.41) is 0. The van der Waals surface area contributed by atoms with E-state index in [2.05, 4.69) is 6.92 Å². The van der Waals surface area contributed by atoms with Crippen LogP contribution in [0.15, 0.2) is 10.5 Å². The van der Waals surface area contributed by atoms with Gasteiger partial charge in [0.05, 0.1) is 13.2 Å². The zero-order chi connectivity index (χ0) is 11.8. The molecule has 0 saturated heterocycles. The molecule has 0 atom stereocenters. The first-order chi connectivity index (χ1) is 7.77. The van der Waals surface area contributed by atoms with Crippen molar-refractivity contribution in [2.45, 2.75) is 33.4 Å². The Bertz CT molecular complexity index is 296. The van der Waals surface area contributed by atoms with E-state index in [-0.39, 0.29) is 0 Å². The van der Waals surface area contributed by atoms with Gasteiger partial charge in [0, 0.05) is 18.7 Å². The predicted octanol–water partition coefficient (Wildman–Crippen LogP) is 1.99. The Labute approximate surface area is 96.7 Å². The molecule has 0 spiro atoms. The molecule has 4 nitrogen and oxygen atoms in total. The minimum absolute atomic E-state index is 0.482. The fraction of sp³-hybridized carbons (Fsp3) is 0.667. The quantitative estimate of drug-likeness (QED) is 0.690. The Morgan fingerprint density at radius 2 is 2.00 bits per heavy atom. The van der Waals surface area contributed by atoms with E-state index < -0.39 is 0 Å². The SMILES string of the molecule is CCCOCCOCc1cc(CN)c(C)o1. The van der Waals surface area contributed by atoms with Gasteiger partial charge >= 0.3 is 0 Å². The fourth-order valence-electron chi connectivity index (χ4n) is 1.40. The number of furan rings is 1. The lowest BCUT2D eigenvalue weighted by Gasteiger charge is -2.02. The molecular formula is C12H21NO3. The molecule has 0 fully saturated rings. The first-order valence-electron chi connectivity index (χ1n) is 5.71. The summed E-state index contributed by atoms with van der Waals surface area (Å²) in [7, 11) is 0. The van der Waals surface area contributed by atoms with Crippen molar-refractivity contribution in [3.8, 4) is 0 Å². The number of nitrogens with two attached hydrogens (primary N) is 1. The van der Waals surface area contributed by atoms with Gasteiger partial charge in [-0.05, 0) is 19.4 Å². The molecule has 1 rings (SSSR count). The van der Waals surface area contributed by atoms with Gasteiger partial charge in [-0.2, -0.15) is 0 Å². The van der Waals surface area contributed by atoms with Crippen LogP contribution in [0.2, 0.25) is 0 Å². The lowest BCUT2D eigenvalue weighted by Crippen LogP contribution is -2.04. The Kier molecular flexibility index (Phi) is 6.15.